The number of methoxy groups -OCH3 is 1. The van der Waals surface area contributed by atoms with Gasteiger partial charge in [-0.15, -0.1) is 0 Å². The van der Waals surface area contributed by atoms with Crippen LogP contribution >= 0.6 is 11.6 Å². The molecule has 2 unspecified atom stereocenters. The van der Waals surface area contributed by atoms with Crippen LogP contribution in [-0.4, -0.2) is 38.3 Å². The molecule has 2 rings (SSSR count). The molecule has 19 heavy (non-hydrogen) atoms. The molecule has 1 aromatic carbocycles. The Bertz CT molecular complexity index is 425. The van der Waals surface area contributed by atoms with Crippen LogP contribution in [0.25, 0.3) is 0 Å². The number of rotatable bonds is 5. The van der Waals surface area contributed by atoms with Gasteiger partial charge in [0.1, 0.15) is 0 Å². The van der Waals surface area contributed by atoms with Crippen LogP contribution in [0, 0.1) is 12.8 Å². The molecule has 0 bridgehead atoms. The normalized spacial score (nSPS) is 21.8. The zero-order valence-corrected chi connectivity index (χ0v) is 12.5. The Morgan fingerprint density at radius 3 is 2.95 bits per heavy atom. The molecular weight excluding hydrogens is 260 g/mol. The van der Waals surface area contributed by atoms with Crippen molar-refractivity contribution in [3.63, 3.8) is 0 Å². The van der Waals surface area contributed by atoms with Crippen molar-refractivity contribution in [3.8, 4) is 0 Å². The summed E-state index contributed by atoms with van der Waals surface area (Å²) in [5.41, 5.74) is 8.52. The fourth-order valence-electron chi connectivity index (χ4n) is 3.00. The molecule has 3 nitrogen and oxygen atoms in total. The molecule has 1 heterocycles. The van der Waals surface area contributed by atoms with Crippen LogP contribution in [0.15, 0.2) is 18.2 Å². The van der Waals surface area contributed by atoms with Gasteiger partial charge in [0.25, 0.3) is 0 Å². The molecule has 0 amide bonds. The summed E-state index contributed by atoms with van der Waals surface area (Å²) >= 11 is 6.03. The summed E-state index contributed by atoms with van der Waals surface area (Å²) in [6, 6.07) is 6.37. The third kappa shape index (κ3) is 3.48. The molecule has 2 N–H and O–H groups in total. The zero-order valence-electron chi connectivity index (χ0n) is 11.7. The molecule has 1 aliphatic heterocycles. The fourth-order valence-corrected chi connectivity index (χ4v) is 3.23. The van der Waals surface area contributed by atoms with Gasteiger partial charge in [0, 0.05) is 31.3 Å². The number of benzene rings is 1. The van der Waals surface area contributed by atoms with Gasteiger partial charge in [-0.3, -0.25) is 4.90 Å². The molecule has 0 aliphatic carbocycles. The van der Waals surface area contributed by atoms with E-state index in [1.807, 2.05) is 12.1 Å². The van der Waals surface area contributed by atoms with Gasteiger partial charge in [-0.25, -0.2) is 0 Å². The molecular formula is C15H23ClN2O. The summed E-state index contributed by atoms with van der Waals surface area (Å²) in [5.74, 6) is 0.631. The first-order valence-electron chi connectivity index (χ1n) is 6.84. The lowest BCUT2D eigenvalue weighted by Crippen LogP contribution is -2.33. The molecule has 1 aromatic rings. The number of nitrogens with zero attached hydrogens (tertiary/aromatic N) is 1. The summed E-state index contributed by atoms with van der Waals surface area (Å²) in [6.45, 7) is 5.75. The van der Waals surface area contributed by atoms with Gasteiger partial charge >= 0.3 is 0 Å². The Hall–Kier alpha value is -0.610. The van der Waals surface area contributed by atoms with Gasteiger partial charge in [-0.05, 0) is 49.1 Å². The Balaban J connectivity index is 2.12. The van der Waals surface area contributed by atoms with E-state index in [4.69, 9.17) is 22.1 Å². The van der Waals surface area contributed by atoms with E-state index in [0.29, 0.717) is 18.5 Å². The van der Waals surface area contributed by atoms with Crippen LogP contribution in [0.4, 0.5) is 0 Å². The van der Waals surface area contributed by atoms with Crippen LogP contribution in [-0.2, 0) is 4.74 Å². The molecule has 106 valence electrons. The van der Waals surface area contributed by atoms with E-state index >= 15 is 0 Å². The third-order valence-corrected chi connectivity index (χ3v) is 4.21. The highest BCUT2D eigenvalue weighted by Crippen LogP contribution is 2.30. The number of nitrogens with two attached hydrogens (primary N) is 1. The molecule has 1 fully saturated rings. The third-order valence-electron chi connectivity index (χ3n) is 3.97. The topological polar surface area (TPSA) is 38.5 Å². The zero-order chi connectivity index (χ0) is 13.8. The van der Waals surface area contributed by atoms with Gasteiger partial charge < -0.3 is 10.5 Å². The maximum absolute atomic E-state index is 6.03. The Morgan fingerprint density at radius 2 is 2.32 bits per heavy atom. The Morgan fingerprint density at radius 1 is 1.53 bits per heavy atom. The summed E-state index contributed by atoms with van der Waals surface area (Å²) < 4.78 is 5.26. The van der Waals surface area contributed by atoms with Crippen molar-refractivity contribution in [2.75, 3.05) is 33.4 Å². The van der Waals surface area contributed by atoms with Crippen LogP contribution in [0.3, 0.4) is 0 Å². The highest BCUT2D eigenvalue weighted by molar-refractivity contribution is 6.30. The largest absolute Gasteiger partial charge is 0.384 e. The molecule has 0 spiro atoms. The van der Waals surface area contributed by atoms with E-state index in [1.165, 1.54) is 17.5 Å². The van der Waals surface area contributed by atoms with E-state index < -0.39 is 0 Å². The predicted octanol–water partition coefficient (Wildman–Crippen LogP) is 2.62. The maximum Gasteiger partial charge on any atom is 0.0503 e. The number of halogens is 1. The molecule has 4 heteroatoms. The van der Waals surface area contributed by atoms with Crippen molar-refractivity contribution in [2.24, 2.45) is 11.7 Å². The van der Waals surface area contributed by atoms with Crippen LogP contribution < -0.4 is 5.73 Å². The standard InChI is InChI=1S/C15H23ClN2O/c1-11-7-13(16)3-4-14(11)15(8-17)18-6-5-12(9-18)10-19-2/h3-4,7,12,15H,5-6,8-10,17H2,1-2H3. The molecule has 1 saturated heterocycles. The smallest absolute Gasteiger partial charge is 0.0503 e. The fraction of sp³-hybridized carbons (Fsp3) is 0.600. The van der Waals surface area contributed by atoms with Crippen LogP contribution in [0.2, 0.25) is 5.02 Å². The first-order valence-corrected chi connectivity index (χ1v) is 7.22. The highest BCUT2D eigenvalue weighted by Gasteiger charge is 2.29. The minimum Gasteiger partial charge on any atom is -0.384 e. The second kappa shape index (κ2) is 6.71. The SMILES string of the molecule is COCC1CCN(C(CN)c2ccc(Cl)cc2C)C1. The number of hydrogen-bond donors (Lipinski definition) is 1. The van der Waals surface area contributed by atoms with Gasteiger partial charge in [0.05, 0.1) is 6.61 Å². The first kappa shape index (κ1) is 14.8. The number of hydrogen-bond acceptors (Lipinski definition) is 3. The summed E-state index contributed by atoms with van der Waals surface area (Å²) in [7, 11) is 1.77. The summed E-state index contributed by atoms with van der Waals surface area (Å²) in [6.07, 6.45) is 1.19. The summed E-state index contributed by atoms with van der Waals surface area (Å²) in [5, 5.41) is 0.788. The van der Waals surface area contributed by atoms with Crippen molar-refractivity contribution >= 4 is 11.6 Å². The number of aryl methyl sites for hydroxylation is 1. The minimum absolute atomic E-state index is 0.291. The van der Waals surface area contributed by atoms with E-state index in [-0.39, 0.29) is 0 Å². The minimum atomic E-state index is 0.291. The molecule has 0 radical (unpaired) electrons. The van der Waals surface area contributed by atoms with Crippen LogP contribution in [0.1, 0.15) is 23.6 Å². The van der Waals surface area contributed by atoms with Crippen molar-refractivity contribution in [1.82, 2.24) is 4.90 Å². The molecule has 0 aromatic heterocycles. The van der Waals surface area contributed by atoms with Gasteiger partial charge in [0.2, 0.25) is 0 Å². The van der Waals surface area contributed by atoms with Crippen molar-refractivity contribution in [1.29, 1.82) is 0 Å². The van der Waals surface area contributed by atoms with Gasteiger partial charge in [0.15, 0.2) is 0 Å². The lowest BCUT2D eigenvalue weighted by molar-refractivity contribution is 0.147. The maximum atomic E-state index is 6.03. The second-order valence-electron chi connectivity index (χ2n) is 5.36. The van der Waals surface area contributed by atoms with E-state index in [9.17, 15) is 0 Å². The van der Waals surface area contributed by atoms with Crippen molar-refractivity contribution < 1.29 is 4.74 Å². The quantitative estimate of drug-likeness (QED) is 0.902. The Kier molecular flexibility index (Phi) is 5.22. The Labute approximate surface area is 120 Å². The van der Waals surface area contributed by atoms with Crippen molar-refractivity contribution in [3.05, 3.63) is 34.3 Å². The van der Waals surface area contributed by atoms with E-state index in [2.05, 4.69) is 17.9 Å². The highest BCUT2D eigenvalue weighted by atomic mass is 35.5. The van der Waals surface area contributed by atoms with Crippen LogP contribution in [0.5, 0.6) is 0 Å². The number of likely N-dealkylation sites (tertiary alicyclic amines) is 1. The van der Waals surface area contributed by atoms with E-state index in [0.717, 1.165) is 24.7 Å². The molecule has 0 saturated carbocycles. The van der Waals surface area contributed by atoms with Gasteiger partial charge in [-0.1, -0.05) is 17.7 Å². The van der Waals surface area contributed by atoms with Crippen molar-refractivity contribution in [2.45, 2.75) is 19.4 Å². The second-order valence-corrected chi connectivity index (χ2v) is 5.79. The summed E-state index contributed by atoms with van der Waals surface area (Å²) in [4.78, 5) is 2.47. The monoisotopic (exact) mass is 282 g/mol. The van der Waals surface area contributed by atoms with E-state index in [1.54, 1.807) is 7.11 Å². The lowest BCUT2D eigenvalue weighted by Gasteiger charge is -2.28. The molecule has 2 atom stereocenters. The number of ether oxygens (including phenoxy) is 1. The first-order chi connectivity index (χ1) is 9.15. The average molecular weight is 283 g/mol. The lowest BCUT2D eigenvalue weighted by atomic mass is 10.00. The van der Waals surface area contributed by atoms with Gasteiger partial charge in [-0.2, -0.15) is 0 Å². The average Bonchev–Trinajstić information content (AvgIpc) is 2.82. The molecule has 1 aliphatic rings. The predicted molar refractivity (Wildman–Crippen MR) is 79.5 cm³/mol.